The van der Waals surface area contributed by atoms with Crippen molar-refractivity contribution in [2.24, 2.45) is 0 Å². The van der Waals surface area contributed by atoms with Gasteiger partial charge in [0.1, 0.15) is 0 Å². The minimum Gasteiger partial charge on any atom is -0.466 e. The number of hydrogen-bond donors (Lipinski definition) is 1. The molecule has 18 heavy (non-hydrogen) atoms. The zero-order valence-electron chi connectivity index (χ0n) is 11.3. The van der Waals surface area contributed by atoms with Crippen LogP contribution in [0.2, 0.25) is 0 Å². The molecule has 0 bridgehead atoms. The summed E-state index contributed by atoms with van der Waals surface area (Å²) >= 11 is 0. The fourth-order valence-electron chi connectivity index (χ4n) is 1.82. The van der Waals surface area contributed by atoms with Crippen molar-refractivity contribution in [3.63, 3.8) is 0 Å². The second kappa shape index (κ2) is 8.70. The van der Waals surface area contributed by atoms with Gasteiger partial charge in [0.05, 0.1) is 13.0 Å². The number of esters is 1. The Morgan fingerprint density at radius 2 is 2.00 bits per heavy atom. The normalized spacial score (nSPS) is 12.1. The lowest BCUT2D eigenvalue weighted by molar-refractivity contribution is -0.142. The molecule has 0 aliphatic rings. The highest BCUT2D eigenvalue weighted by molar-refractivity contribution is 5.69. The van der Waals surface area contributed by atoms with E-state index in [0.29, 0.717) is 25.5 Å². The van der Waals surface area contributed by atoms with Crippen molar-refractivity contribution in [1.29, 1.82) is 0 Å². The minimum atomic E-state index is -0.124. The number of nitrogens with one attached hydrogen (secondary N) is 1. The third-order valence-electron chi connectivity index (χ3n) is 2.93. The van der Waals surface area contributed by atoms with E-state index in [-0.39, 0.29) is 5.97 Å². The Morgan fingerprint density at radius 3 is 2.67 bits per heavy atom. The molecule has 0 aromatic heterocycles. The second-order valence-corrected chi connectivity index (χ2v) is 4.41. The number of benzene rings is 1. The van der Waals surface area contributed by atoms with Crippen molar-refractivity contribution >= 4 is 5.97 Å². The average Bonchev–Trinajstić information content (AvgIpc) is 2.39. The van der Waals surface area contributed by atoms with Gasteiger partial charge in [-0.25, -0.2) is 0 Å². The first-order valence-corrected chi connectivity index (χ1v) is 6.65. The fourth-order valence-corrected chi connectivity index (χ4v) is 1.82. The van der Waals surface area contributed by atoms with Gasteiger partial charge < -0.3 is 10.1 Å². The van der Waals surface area contributed by atoms with Crippen LogP contribution in [-0.2, 0) is 9.53 Å². The van der Waals surface area contributed by atoms with Crippen LogP contribution in [0.1, 0.15) is 38.2 Å². The third kappa shape index (κ3) is 5.82. The molecule has 1 atom stereocenters. The van der Waals surface area contributed by atoms with Crippen LogP contribution < -0.4 is 5.32 Å². The van der Waals surface area contributed by atoms with Gasteiger partial charge in [0, 0.05) is 6.54 Å². The van der Waals surface area contributed by atoms with E-state index in [2.05, 4.69) is 36.5 Å². The van der Waals surface area contributed by atoms with Gasteiger partial charge in [0.2, 0.25) is 0 Å². The molecular formula is C15H23NO2. The summed E-state index contributed by atoms with van der Waals surface area (Å²) in [6, 6.07) is 10.5. The van der Waals surface area contributed by atoms with E-state index in [1.165, 1.54) is 5.56 Å². The van der Waals surface area contributed by atoms with Crippen molar-refractivity contribution in [2.45, 2.75) is 32.6 Å². The molecule has 100 valence electrons. The molecule has 0 aliphatic carbocycles. The molecule has 1 aromatic rings. The molecule has 0 heterocycles. The van der Waals surface area contributed by atoms with Crippen LogP contribution in [0.25, 0.3) is 0 Å². The maximum Gasteiger partial charge on any atom is 0.307 e. The van der Waals surface area contributed by atoms with Crippen LogP contribution in [0.3, 0.4) is 0 Å². The zero-order valence-corrected chi connectivity index (χ0v) is 11.3. The van der Waals surface area contributed by atoms with E-state index in [4.69, 9.17) is 4.74 Å². The lowest BCUT2D eigenvalue weighted by atomic mass is 9.98. The van der Waals surface area contributed by atoms with Gasteiger partial charge in [-0.3, -0.25) is 4.79 Å². The van der Waals surface area contributed by atoms with Crippen LogP contribution in [0.5, 0.6) is 0 Å². The van der Waals surface area contributed by atoms with Crippen LogP contribution in [0, 0.1) is 0 Å². The number of carbonyl (C=O) groups excluding carboxylic acids is 1. The lowest BCUT2D eigenvalue weighted by Crippen LogP contribution is -2.21. The largest absolute Gasteiger partial charge is 0.466 e. The molecule has 0 radical (unpaired) electrons. The standard InChI is InChI=1S/C15H23NO2/c1-3-18-15(17)10-12-16-11-9-13(2)14-7-5-4-6-8-14/h4-8,13,16H,3,9-12H2,1-2H3. The Kier molecular flexibility index (Phi) is 7.11. The highest BCUT2D eigenvalue weighted by Gasteiger charge is 2.04. The minimum absolute atomic E-state index is 0.124. The van der Waals surface area contributed by atoms with E-state index in [1.54, 1.807) is 0 Å². The summed E-state index contributed by atoms with van der Waals surface area (Å²) in [6.45, 7) is 6.13. The van der Waals surface area contributed by atoms with Crippen molar-refractivity contribution in [2.75, 3.05) is 19.7 Å². The number of carbonyl (C=O) groups is 1. The predicted molar refractivity (Wildman–Crippen MR) is 73.6 cm³/mol. The van der Waals surface area contributed by atoms with Crippen LogP contribution in [0.15, 0.2) is 30.3 Å². The second-order valence-electron chi connectivity index (χ2n) is 4.41. The van der Waals surface area contributed by atoms with Gasteiger partial charge in [0.25, 0.3) is 0 Å². The van der Waals surface area contributed by atoms with Gasteiger partial charge in [0.15, 0.2) is 0 Å². The van der Waals surface area contributed by atoms with Gasteiger partial charge in [-0.05, 0) is 31.4 Å². The van der Waals surface area contributed by atoms with Gasteiger partial charge in [-0.15, -0.1) is 0 Å². The first-order valence-electron chi connectivity index (χ1n) is 6.65. The van der Waals surface area contributed by atoms with Gasteiger partial charge in [-0.1, -0.05) is 37.3 Å². The molecule has 0 saturated carbocycles. The summed E-state index contributed by atoms with van der Waals surface area (Å²) in [6.07, 6.45) is 1.53. The molecular weight excluding hydrogens is 226 g/mol. The number of ether oxygens (including phenoxy) is 1. The van der Waals surface area contributed by atoms with E-state index in [9.17, 15) is 4.79 Å². The molecule has 0 amide bonds. The summed E-state index contributed by atoms with van der Waals surface area (Å²) < 4.78 is 4.86. The summed E-state index contributed by atoms with van der Waals surface area (Å²) in [7, 11) is 0. The first-order chi connectivity index (χ1) is 8.74. The number of hydrogen-bond acceptors (Lipinski definition) is 3. The fraction of sp³-hybridized carbons (Fsp3) is 0.533. The summed E-state index contributed by atoms with van der Waals surface area (Å²) in [5.74, 6) is 0.419. The van der Waals surface area contributed by atoms with Gasteiger partial charge in [-0.2, -0.15) is 0 Å². The highest BCUT2D eigenvalue weighted by atomic mass is 16.5. The monoisotopic (exact) mass is 249 g/mol. The predicted octanol–water partition coefficient (Wildman–Crippen LogP) is 2.72. The Bertz CT molecular complexity index is 338. The quantitative estimate of drug-likeness (QED) is 0.568. The summed E-state index contributed by atoms with van der Waals surface area (Å²) in [4.78, 5) is 11.1. The Morgan fingerprint density at radius 1 is 1.28 bits per heavy atom. The number of rotatable bonds is 8. The van der Waals surface area contributed by atoms with E-state index in [1.807, 2.05) is 13.0 Å². The SMILES string of the molecule is CCOC(=O)CCNCCC(C)c1ccccc1. The van der Waals surface area contributed by atoms with Crippen LogP contribution in [0.4, 0.5) is 0 Å². The Hall–Kier alpha value is -1.35. The summed E-state index contributed by atoms with van der Waals surface area (Å²) in [5, 5.41) is 3.27. The average molecular weight is 249 g/mol. The smallest absolute Gasteiger partial charge is 0.307 e. The lowest BCUT2D eigenvalue weighted by Gasteiger charge is -2.12. The molecule has 1 N–H and O–H groups in total. The summed E-state index contributed by atoms with van der Waals surface area (Å²) in [5.41, 5.74) is 1.37. The molecule has 0 aliphatic heterocycles. The maximum atomic E-state index is 11.1. The van der Waals surface area contributed by atoms with Gasteiger partial charge >= 0.3 is 5.97 Å². The van der Waals surface area contributed by atoms with E-state index >= 15 is 0 Å². The van der Waals surface area contributed by atoms with Crippen molar-refractivity contribution in [3.05, 3.63) is 35.9 Å². The molecule has 3 nitrogen and oxygen atoms in total. The maximum absolute atomic E-state index is 11.1. The van der Waals surface area contributed by atoms with Crippen molar-refractivity contribution < 1.29 is 9.53 Å². The highest BCUT2D eigenvalue weighted by Crippen LogP contribution is 2.17. The van der Waals surface area contributed by atoms with Crippen LogP contribution >= 0.6 is 0 Å². The molecule has 0 spiro atoms. The molecule has 1 unspecified atom stereocenters. The topological polar surface area (TPSA) is 38.3 Å². The molecule has 0 fully saturated rings. The van der Waals surface area contributed by atoms with Crippen molar-refractivity contribution in [1.82, 2.24) is 5.32 Å². The zero-order chi connectivity index (χ0) is 13.2. The molecule has 1 aromatic carbocycles. The molecule has 3 heteroatoms. The molecule has 0 saturated heterocycles. The van der Waals surface area contributed by atoms with E-state index in [0.717, 1.165) is 13.0 Å². The van der Waals surface area contributed by atoms with E-state index < -0.39 is 0 Å². The van der Waals surface area contributed by atoms with Crippen LogP contribution in [-0.4, -0.2) is 25.7 Å². The molecule has 1 rings (SSSR count). The first kappa shape index (κ1) is 14.7. The Labute approximate surface area is 110 Å². The van der Waals surface area contributed by atoms with Crippen molar-refractivity contribution in [3.8, 4) is 0 Å². The Balaban J connectivity index is 2.09. The third-order valence-corrected chi connectivity index (χ3v) is 2.93.